The molecule has 0 aliphatic heterocycles. The van der Waals surface area contributed by atoms with Crippen LogP contribution in [0, 0.1) is 0 Å². The molecule has 0 aliphatic rings. The number of pyridine rings is 1. The minimum Gasteiger partial charge on any atom is -0.300 e. The molecule has 0 radical (unpaired) electrons. The number of aromatic nitrogens is 2. The summed E-state index contributed by atoms with van der Waals surface area (Å²) in [6.07, 6.45) is 4.56. The maximum absolute atomic E-state index is 11.3. The molecular formula is C13H17N5OS. The van der Waals surface area contributed by atoms with Crippen molar-refractivity contribution in [1.29, 1.82) is 0 Å². The van der Waals surface area contributed by atoms with Crippen LogP contribution in [0.2, 0.25) is 0 Å². The Hall–Kier alpha value is -1.83. The zero-order valence-corrected chi connectivity index (χ0v) is 12.1. The molecular weight excluding hydrogens is 274 g/mol. The van der Waals surface area contributed by atoms with Gasteiger partial charge < -0.3 is 4.90 Å². The van der Waals surface area contributed by atoms with Crippen molar-refractivity contribution in [2.24, 2.45) is 5.84 Å². The predicted octanol–water partition coefficient (Wildman–Crippen LogP) is 0.816. The first-order chi connectivity index (χ1) is 9.69. The molecule has 0 fully saturated rings. The fourth-order valence-corrected chi connectivity index (χ4v) is 2.48. The highest BCUT2D eigenvalue weighted by molar-refractivity contribution is 7.11. The summed E-state index contributed by atoms with van der Waals surface area (Å²) in [5.74, 6) is 4.73. The van der Waals surface area contributed by atoms with Crippen LogP contribution in [0.5, 0.6) is 0 Å². The molecule has 7 heteroatoms. The van der Waals surface area contributed by atoms with E-state index in [9.17, 15) is 4.79 Å². The summed E-state index contributed by atoms with van der Waals surface area (Å²) >= 11 is 1.30. The standard InChI is InChI=1S/C13H17N5OS/c1-18(7-4-10-2-5-15-6-3-10)8-11-9-20-13(16-11)12(19)17-14/h2-3,5-6,9H,4,7-8,14H2,1H3,(H,17,19). The topological polar surface area (TPSA) is 84.1 Å². The van der Waals surface area contributed by atoms with Gasteiger partial charge >= 0.3 is 0 Å². The Morgan fingerprint density at radius 3 is 2.90 bits per heavy atom. The average Bonchev–Trinajstić information content (AvgIpc) is 2.94. The van der Waals surface area contributed by atoms with Gasteiger partial charge in [0, 0.05) is 30.9 Å². The molecule has 0 aliphatic carbocycles. The Labute approximate surface area is 121 Å². The van der Waals surface area contributed by atoms with E-state index in [1.165, 1.54) is 16.9 Å². The number of nitrogens with one attached hydrogen (secondary N) is 1. The first-order valence-electron chi connectivity index (χ1n) is 6.22. The Morgan fingerprint density at radius 2 is 2.20 bits per heavy atom. The highest BCUT2D eigenvalue weighted by atomic mass is 32.1. The first kappa shape index (κ1) is 14.6. The number of likely N-dealkylation sites (N-methyl/N-ethyl adjacent to an activating group) is 1. The van der Waals surface area contributed by atoms with Gasteiger partial charge in [0.15, 0.2) is 5.01 Å². The zero-order chi connectivity index (χ0) is 14.4. The van der Waals surface area contributed by atoms with E-state index >= 15 is 0 Å². The number of thiazole rings is 1. The molecule has 6 nitrogen and oxygen atoms in total. The van der Waals surface area contributed by atoms with Gasteiger partial charge in [-0.15, -0.1) is 11.3 Å². The normalized spacial score (nSPS) is 10.8. The molecule has 0 aromatic carbocycles. The van der Waals surface area contributed by atoms with Crippen molar-refractivity contribution in [2.45, 2.75) is 13.0 Å². The smallest absolute Gasteiger partial charge is 0.294 e. The maximum Gasteiger partial charge on any atom is 0.294 e. The van der Waals surface area contributed by atoms with E-state index in [1.807, 2.05) is 24.6 Å². The van der Waals surface area contributed by atoms with Crippen molar-refractivity contribution in [2.75, 3.05) is 13.6 Å². The number of amides is 1. The number of hydrogen-bond donors (Lipinski definition) is 2. The Kier molecular flexibility index (Phi) is 5.16. The van der Waals surface area contributed by atoms with E-state index in [-0.39, 0.29) is 5.91 Å². The van der Waals surface area contributed by atoms with E-state index in [0.29, 0.717) is 11.6 Å². The lowest BCUT2D eigenvalue weighted by atomic mass is 10.2. The number of nitrogen functional groups attached to an aromatic ring is 1. The molecule has 2 aromatic rings. The van der Waals surface area contributed by atoms with Crippen LogP contribution in [-0.2, 0) is 13.0 Å². The molecule has 0 bridgehead atoms. The molecule has 0 unspecified atom stereocenters. The highest BCUT2D eigenvalue weighted by Crippen LogP contribution is 2.11. The van der Waals surface area contributed by atoms with Gasteiger partial charge in [-0.2, -0.15) is 0 Å². The van der Waals surface area contributed by atoms with Crippen molar-refractivity contribution in [3.63, 3.8) is 0 Å². The van der Waals surface area contributed by atoms with Gasteiger partial charge in [0.2, 0.25) is 0 Å². The number of carbonyl (C=O) groups is 1. The molecule has 1 amide bonds. The second-order valence-electron chi connectivity index (χ2n) is 4.46. The second-order valence-corrected chi connectivity index (χ2v) is 5.32. The molecule has 0 saturated carbocycles. The first-order valence-corrected chi connectivity index (χ1v) is 7.10. The van der Waals surface area contributed by atoms with Crippen molar-refractivity contribution in [3.05, 3.63) is 46.2 Å². The number of carbonyl (C=O) groups excluding carboxylic acids is 1. The molecule has 20 heavy (non-hydrogen) atoms. The van der Waals surface area contributed by atoms with Crippen LogP contribution in [0.25, 0.3) is 0 Å². The predicted molar refractivity (Wildman–Crippen MR) is 78.0 cm³/mol. The van der Waals surface area contributed by atoms with Gasteiger partial charge in [0.05, 0.1) is 5.69 Å². The summed E-state index contributed by atoms with van der Waals surface area (Å²) in [5.41, 5.74) is 4.22. The monoisotopic (exact) mass is 291 g/mol. The summed E-state index contributed by atoms with van der Waals surface area (Å²) in [6, 6.07) is 4.03. The van der Waals surface area contributed by atoms with E-state index in [4.69, 9.17) is 5.84 Å². The van der Waals surface area contributed by atoms with Crippen molar-refractivity contribution < 1.29 is 4.79 Å². The molecule has 106 valence electrons. The third-order valence-electron chi connectivity index (χ3n) is 2.84. The fourth-order valence-electron chi connectivity index (χ4n) is 1.77. The third kappa shape index (κ3) is 4.09. The van der Waals surface area contributed by atoms with E-state index in [2.05, 4.69) is 20.3 Å². The van der Waals surface area contributed by atoms with Crippen LogP contribution in [0.1, 0.15) is 21.1 Å². The van der Waals surface area contributed by atoms with Gasteiger partial charge in [0.1, 0.15) is 0 Å². The molecule has 0 spiro atoms. The molecule has 2 heterocycles. The summed E-state index contributed by atoms with van der Waals surface area (Å²) < 4.78 is 0. The number of nitrogens with two attached hydrogens (primary N) is 1. The van der Waals surface area contributed by atoms with E-state index in [0.717, 1.165) is 18.7 Å². The zero-order valence-electron chi connectivity index (χ0n) is 11.2. The van der Waals surface area contributed by atoms with Gasteiger partial charge in [-0.05, 0) is 31.2 Å². The summed E-state index contributed by atoms with van der Waals surface area (Å²) in [4.78, 5) is 21.7. The summed E-state index contributed by atoms with van der Waals surface area (Å²) in [6.45, 7) is 1.62. The maximum atomic E-state index is 11.3. The van der Waals surface area contributed by atoms with Gasteiger partial charge in [0.25, 0.3) is 5.91 Å². The van der Waals surface area contributed by atoms with Gasteiger partial charge in [-0.3, -0.25) is 15.2 Å². The average molecular weight is 291 g/mol. The Morgan fingerprint density at radius 1 is 1.45 bits per heavy atom. The minimum atomic E-state index is -0.347. The van der Waals surface area contributed by atoms with E-state index < -0.39 is 0 Å². The molecule has 2 aromatic heterocycles. The van der Waals surface area contributed by atoms with Gasteiger partial charge in [-0.1, -0.05) is 0 Å². The number of hydrogen-bond acceptors (Lipinski definition) is 6. The molecule has 3 N–H and O–H groups in total. The quantitative estimate of drug-likeness (QED) is 0.467. The fraction of sp³-hybridized carbons (Fsp3) is 0.308. The van der Waals surface area contributed by atoms with E-state index in [1.54, 1.807) is 12.4 Å². The summed E-state index contributed by atoms with van der Waals surface area (Å²) in [7, 11) is 2.03. The third-order valence-corrected chi connectivity index (χ3v) is 3.73. The van der Waals surface area contributed by atoms with Crippen molar-refractivity contribution in [1.82, 2.24) is 20.3 Å². The second kappa shape index (κ2) is 7.09. The largest absolute Gasteiger partial charge is 0.300 e. The Bertz CT molecular complexity index is 557. The highest BCUT2D eigenvalue weighted by Gasteiger charge is 2.10. The lowest BCUT2D eigenvalue weighted by Gasteiger charge is -2.14. The van der Waals surface area contributed by atoms with Crippen LogP contribution in [0.3, 0.4) is 0 Å². The Balaban J connectivity index is 1.83. The molecule has 0 atom stereocenters. The number of hydrazine groups is 1. The minimum absolute atomic E-state index is 0.347. The van der Waals surface area contributed by atoms with Crippen LogP contribution in [0.15, 0.2) is 29.9 Å². The van der Waals surface area contributed by atoms with Crippen molar-refractivity contribution in [3.8, 4) is 0 Å². The molecule has 2 rings (SSSR count). The van der Waals surface area contributed by atoms with Gasteiger partial charge in [-0.25, -0.2) is 10.8 Å². The lowest BCUT2D eigenvalue weighted by Crippen LogP contribution is -2.30. The van der Waals surface area contributed by atoms with Crippen LogP contribution >= 0.6 is 11.3 Å². The molecule has 0 saturated heterocycles. The van der Waals surface area contributed by atoms with Crippen molar-refractivity contribution >= 4 is 17.2 Å². The van der Waals surface area contributed by atoms with Crippen LogP contribution in [0.4, 0.5) is 0 Å². The number of nitrogens with zero attached hydrogens (tertiary/aromatic N) is 3. The van der Waals surface area contributed by atoms with Crippen LogP contribution < -0.4 is 11.3 Å². The van der Waals surface area contributed by atoms with Crippen LogP contribution in [-0.4, -0.2) is 34.4 Å². The number of rotatable bonds is 6. The lowest BCUT2D eigenvalue weighted by molar-refractivity contribution is 0.0953. The summed E-state index contributed by atoms with van der Waals surface area (Å²) in [5, 5.41) is 2.28. The SMILES string of the molecule is CN(CCc1ccncc1)Cc1csc(C(=O)NN)n1.